The minimum Gasteiger partial charge on any atom is -0.496 e. The molecular weight excluding hydrogens is 282 g/mol. The van der Waals surface area contributed by atoms with Gasteiger partial charge in [0.1, 0.15) is 5.75 Å². The van der Waals surface area contributed by atoms with Gasteiger partial charge in [-0.25, -0.2) is 0 Å². The van der Waals surface area contributed by atoms with Crippen molar-refractivity contribution in [3.63, 3.8) is 0 Å². The van der Waals surface area contributed by atoms with Crippen molar-refractivity contribution in [1.29, 1.82) is 0 Å². The normalized spacial score (nSPS) is 13.7. The average molecular weight is 303 g/mol. The number of ether oxygens (including phenoxy) is 1. The summed E-state index contributed by atoms with van der Waals surface area (Å²) < 4.78 is 17.6. The summed E-state index contributed by atoms with van der Waals surface area (Å²) in [4.78, 5) is 0. The molecule has 21 heavy (non-hydrogen) atoms. The van der Waals surface area contributed by atoms with Crippen LogP contribution in [0.25, 0.3) is 0 Å². The first kappa shape index (κ1) is 15.7. The molecule has 0 saturated carbocycles. The molecule has 2 aromatic carbocycles. The van der Waals surface area contributed by atoms with Crippen LogP contribution in [0.1, 0.15) is 22.7 Å². The molecule has 2 unspecified atom stereocenters. The molecule has 2 N–H and O–H groups in total. The molecule has 0 fully saturated rings. The van der Waals surface area contributed by atoms with Crippen molar-refractivity contribution < 1.29 is 8.95 Å². The first-order chi connectivity index (χ1) is 10.1. The van der Waals surface area contributed by atoms with Gasteiger partial charge >= 0.3 is 0 Å². The van der Waals surface area contributed by atoms with E-state index in [-0.39, 0.29) is 6.04 Å². The topological polar surface area (TPSA) is 52.3 Å². The number of benzene rings is 2. The van der Waals surface area contributed by atoms with Crippen LogP contribution in [0.5, 0.6) is 5.75 Å². The van der Waals surface area contributed by atoms with Crippen molar-refractivity contribution in [2.75, 3.05) is 12.9 Å². The quantitative estimate of drug-likeness (QED) is 0.892. The molecule has 0 aliphatic rings. The zero-order chi connectivity index (χ0) is 15.2. The molecule has 112 valence electrons. The van der Waals surface area contributed by atoms with Crippen molar-refractivity contribution in [2.45, 2.75) is 18.7 Å². The van der Waals surface area contributed by atoms with Crippen molar-refractivity contribution in [1.82, 2.24) is 0 Å². The molecule has 0 aliphatic carbocycles. The molecule has 3 nitrogen and oxygen atoms in total. The lowest BCUT2D eigenvalue weighted by Crippen LogP contribution is -2.19. The second kappa shape index (κ2) is 7.38. The van der Waals surface area contributed by atoms with Gasteiger partial charge in [-0.15, -0.1) is 0 Å². The molecule has 0 saturated heterocycles. The van der Waals surface area contributed by atoms with E-state index in [0.717, 1.165) is 16.9 Å². The third-order valence-electron chi connectivity index (χ3n) is 3.31. The van der Waals surface area contributed by atoms with Gasteiger partial charge < -0.3 is 10.5 Å². The smallest absolute Gasteiger partial charge is 0.123 e. The third kappa shape index (κ3) is 4.41. The number of methoxy groups -OCH3 is 1. The first-order valence-electron chi connectivity index (χ1n) is 6.89. The molecule has 0 spiro atoms. The third-order valence-corrected chi connectivity index (χ3v) is 4.70. The Balaban J connectivity index is 2.02. The largest absolute Gasteiger partial charge is 0.496 e. The molecule has 2 rings (SSSR count). The van der Waals surface area contributed by atoms with Gasteiger partial charge in [0.15, 0.2) is 0 Å². The second-order valence-electron chi connectivity index (χ2n) is 5.09. The Bertz CT molecular complexity index is 628. The van der Waals surface area contributed by atoms with Gasteiger partial charge in [-0.05, 0) is 18.6 Å². The molecule has 0 heterocycles. The van der Waals surface area contributed by atoms with Crippen LogP contribution in [0, 0.1) is 6.92 Å². The lowest BCUT2D eigenvalue weighted by atomic mass is 10.1. The molecule has 0 amide bonds. The first-order valence-corrected chi connectivity index (χ1v) is 8.38. The van der Waals surface area contributed by atoms with Gasteiger partial charge in [-0.1, -0.05) is 48.0 Å². The van der Waals surface area contributed by atoms with Crippen LogP contribution in [0.4, 0.5) is 0 Å². The molecule has 4 heteroatoms. The van der Waals surface area contributed by atoms with Crippen molar-refractivity contribution in [3.8, 4) is 5.75 Å². The second-order valence-corrected chi connectivity index (χ2v) is 6.59. The summed E-state index contributed by atoms with van der Waals surface area (Å²) in [5, 5.41) is 0. The van der Waals surface area contributed by atoms with Crippen molar-refractivity contribution in [2.24, 2.45) is 5.73 Å². The predicted octanol–water partition coefficient (Wildman–Crippen LogP) is 2.95. The molecular formula is C17H21NO2S. The molecule has 2 aromatic rings. The Morgan fingerprint density at radius 1 is 1.19 bits per heavy atom. The predicted molar refractivity (Wildman–Crippen MR) is 87.8 cm³/mol. The minimum atomic E-state index is -1.00. The highest BCUT2D eigenvalue weighted by Crippen LogP contribution is 2.24. The maximum absolute atomic E-state index is 12.3. The van der Waals surface area contributed by atoms with Crippen molar-refractivity contribution in [3.05, 3.63) is 65.2 Å². The standard InChI is InChI=1S/C17H21NO2S/c1-13-6-5-7-14(10-13)11-21(19)12-16(18)15-8-3-4-9-17(15)20-2/h3-10,16H,11-12,18H2,1-2H3. The number of hydrogen-bond acceptors (Lipinski definition) is 3. The van der Waals surface area contributed by atoms with Gasteiger partial charge in [-0.2, -0.15) is 0 Å². The Hall–Kier alpha value is -1.65. The molecule has 0 aromatic heterocycles. The van der Waals surface area contributed by atoms with Crippen LogP contribution >= 0.6 is 0 Å². The van der Waals surface area contributed by atoms with E-state index in [0.29, 0.717) is 11.5 Å². The van der Waals surface area contributed by atoms with E-state index in [1.807, 2.05) is 49.4 Å². The zero-order valence-electron chi connectivity index (χ0n) is 12.4. The van der Waals surface area contributed by atoms with Crippen LogP contribution in [0.2, 0.25) is 0 Å². The SMILES string of the molecule is COc1ccccc1C(N)CS(=O)Cc1cccc(C)c1. The fourth-order valence-corrected chi connectivity index (χ4v) is 3.56. The number of rotatable bonds is 6. The average Bonchev–Trinajstić information content (AvgIpc) is 2.47. The van der Waals surface area contributed by atoms with Gasteiger partial charge in [-0.3, -0.25) is 4.21 Å². The van der Waals surface area contributed by atoms with E-state index >= 15 is 0 Å². The summed E-state index contributed by atoms with van der Waals surface area (Å²) in [6.07, 6.45) is 0. The number of hydrogen-bond donors (Lipinski definition) is 1. The molecule has 0 bridgehead atoms. The summed E-state index contributed by atoms with van der Waals surface area (Å²) >= 11 is 0. The van der Waals surface area contributed by atoms with E-state index in [1.54, 1.807) is 7.11 Å². The Morgan fingerprint density at radius 3 is 2.67 bits per heavy atom. The fourth-order valence-electron chi connectivity index (χ4n) is 2.31. The molecule has 2 atom stereocenters. The minimum absolute atomic E-state index is 0.285. The van der Waals surface area contributed by atoms with E-state index < -0.39 is 10.8 Å². The summed E-state index contributed by atoms with van der Waals surface area (Å²) in [6.45, 7) is 2.03. The molecule has 0 radical (unpaired) electrons. The van der Waals surface area contributed by atoms with Gasteiger partial charge in [0.25, 0.3) is 0 Å². The summed E-state index contributed by atoms with van der Waals surface area (Å²) in [6, 6.07) is 15.4. The van der Waals surface area contributed by atoms with Crippen LogP contribution in [-0.2, 0) is 16.6 Å². The molecule has 0 aliphatic heterocycles. The van der Waals surface area contributed by atoms with E-state index in [1.165, 1.54) is 5.56 Å². The maximum atomic E-state index is 12.3. The van der Waals surface area contributed by atoms with E-state index in [2.05, 4.69) is 6.07 Å². The fraction of sp³-hybridized carbons (Fsp3) is 0.294. The van der Waals surface area contributed by atoms with Gasteiger partial charge in [0, 0.05) is 33.9 Å². The number of aryl methyl sites for hydroxylation is 1. The number of nitrogens with two attached hydrogens (primary N) is 1. The summed E-state index contributed by atoms with van der Waals surface area (Å²) in [7, 11) is 0.620. The summed E-state index contributed by atoms with van der Waals surface area (Å²) in [5.74, 6) is 1.70. The van der Waals surface area contributed by atoms with Crippen LogP contribution in [0.3, 0.4) is 0 Å². The van der Waals surface area contributed by atoms with Crippen molar-refractivity contribution >= 4 is 10.8 Å². The number of para-hydroxylation sites is 1. The lowest BCUT2D eigenvalue weighted by Gasteiger charge is -2.15. The Morgan fingerprint density at radius 2 is 1.95 bits per heavy atom. The van der Waals surface area contributed by atoms with Crippen LogP contribution in [-0.4, -0.2) is 17.1 Å². The van der Waals surface area contributed by atoms with Crippen LogP contribution < -0.4 is 10.5 Å². The highest BCUT2D eigenvalue weighted by atomic mass is 32.2. The monoisotopic (exact) mass is 303 g/mol. The maximum Gasteiger partial charge on any atom is 0.123 e. The Labute approximate surface area is 128 Å². The zero-order valence-corrected chi connectivity index (χ0v) is 13.2. The van der Waals surface area contributed by atoms with E-state index in [4.69, 9.17) is 10.5 Å². The van der Waals surface area contributed by atoms with Gasteiger partial charge in [0.2, 0.25) is 0 Å². The highest BCUT2D eigenvalue weighted by molar-refractivity contribution is 7.84. The summed E-state index contributed by atoms with van der Waals surface area (Å²) in [5.41, 5.74) is 9.35. The highest BCUT2D eigenvalue weighted by Gasteiger charge is 2.14. The lowest BCUT2D eigenvalue weighted by molar-refractivity contribution is 0.407. The van der Waals surface area contributed by atoms with E-state index in [9.17, 15) is 4.21 Å². The van der Waals surface area contributed by atoms with Gasteiger partial charge in [0.05, 0.1) is 7.11 Å². The van der Waals surface area contributed by atoms with Crippen LogP contribution in [0.15, 0.2) is 48.5 Å². The Kier molecular flexibility index (Phi) is 5.53.